The van der Waals surface area contributed by atoms with Gasteiger partial charge in [-0.2, -0.15) is 0 Å². The van der Waals surface area contributed by atoms with Crippen molar-refractivity contribution in [3.63, 3.8) is 0 Å². The van der Waals surface area contributed by atoms with Crippen molar-refractivity contribution in [1.29, 1.82) is 0 Å². The van der Waals surface area contributed by atoms with E-state index in [2.05, 4.69) is 32.1 Å². The molecule has 6 rings (SSSR count). The second-order valence-corrected chi connectivity index (χ2v) is 10.1. The molecule has 0 bridgehead atoms. The van der Waals surface area contributed by atoms with E-state index in [0.29, 0.717) is 37.7 Å². The minimum absolute atomic E-state index is 0.0552. The smallest absolute Gasteiger partial charge is 0.338 e. The molecule has 1 aromatic carbocycles. The lowest BCUT2D eigenvalue weighted by Gasteiger charge is -2.46. The number of ether oxygens (including phenoxy) is 2. The van der Waals surface area contributed by atoms with Gasteiger partial charge in [-0.1, -0.05) is 24.3 Å². The number of hydrogen-bond acceptors (Lipinski definition) is 8. The molecule has 3 aliphatic heterocycles. The summed E-state index contributed by atoms with van der Waals surface area (Å²) in [4.78, 5) is 38.7. The van der Waals surface area contributed by atoms with Gasteiger partial charge < -0.3 is 20.2 Å². The highest BCUT2D eigenvalue weighted by Crippen LogP contribution is 2.37. The van der Waals surface area contributed by atoms with Gasteiger partial charge in [-0.3, -0.25) is 9.69 Å². The summed E-state index contributed by atoms with van der Waals surface area (Å²) in [7, 11) is 0. The molecule has 11 heteroatoms. The number of rotatable bonds is 5. The Balaban J connectivity index is 1.11. The van der Waals surface area contributed by atoms with Crippen LogP contribution >= 0.6 is 0 Å². The van der Waals surface area contributed by atoms with Crippen LogP contribution in [0.2, 0.25) is 0 Å². The van der Waals surface area contributed by atoms with Gasteiger partial charge in [0.15, 0.2) is 5.82 Å². The number of aryl methyl sites for hydroxylation is 1. The van der Waals surface area contributed by atoms with Crippen molar-refractivity contribution in [3.8, 4) is 0 Å². The molecule has 11 nitrogen and oxygen atoms in total. The van der Waals surface area contributed by atoms with Crippen LogP contribution in [0.4, 0.5) is 5.82 Å². The first-order chi connectivity index (χ1) is 18.6. The fraction of sp³-hybridized carbons (Fsp3) is 0.481. The summed E-state index contributed by atoms with van der Waals surface area (Å²) in [5.74, 6) is 5.27. The Hall–Kier alpha value is -3.70. The third kappa shape index (κ3) is 4.35. The Kier molecular flexibility index (Phi) is 6.62. The van der Waals surface area contributed by atoms with E-state index in [-0.39, 0.29) is 29.9 Å². The van der Waals surface area contributed by atoms with Crippen LogP contribution in [0.3, 0.4) is 0 Å². The van der Waals surface area contributed by atoms with E-state index in [9.17, 15) is 9.59 Å². The first kappa shape index (κ1) is 24.6. The topological polar surface area (TPSA) is 135 Å². The standard InChI is InChI=1S/C27H31N7O4/c1-2-17-19(3-4-21-22(17)14-38-27(21)36)24-12-33-9-10-34(11-16(33)13-37-24)26(35)20-5-7-23-18(20)6-8-25(31-23)29-15-30-32-28/h3-4,6,8,15-16,20,24H,2,5,7,9-14H2,1H3,(H2,28,29,30,31). The number of aliphatic imine (C=N–C) groups is 1. The SMILES string of the molecule is CCc1c(C2CN3CCN(C(=O)C4CCc5nc(N=CN=NN)ccc54)CC3CO2)ccc2c1COC2=O. The number of amides is 1. The number of piperazine rings is 1. The summed E-state index contributed by atoms with van der Waals surface area (Å²) in [6.45, 7) is 5.95. The van der Waals surface area contributed by atoms with Gasteiger partial charge >= 0.3 is 5.97 Å². The Bertz CT molecular complexity index is 1330. The monoisotopic (exact) mass is 517 g/mol. The van der Waals surface area contributed by atoms with Gasteiger partial charge in [0.05, 0.1) is 30.2 Å². The quantitative estimate of drug-likeness (QED) is 0.161. The molecule has 2 saturated heterocycles. The normalized spacial score (nSPS) is 25.0. The molecule has 0 spiro atoms. The van der Waals surface area contributed by atoms with E-state index >= 15 is 0 Å². The van der Waals surface area contributed by atoms with Gasteiger partial charge in [0.1, 0.15) is 12.9 Å². The molecule has 1 aromatic heterocycles. The minimum atomic E-state index is -0.240. The Morgan fingerprint density at radius 1 is 1.21 bits per heavy atom. The third-order valence-corrected chi connectivity index (χ3v) is 8.19. The van der Waals surface area contributed by atoms with E-state index in [1.165, 1.54) is 6.34 Å². The predicted octanol–water partition coefficient (Wildman–Crippen LogP) is 2.61. The zero-order valence-electron chi connectivity index (χ0n) is 21.4. The fourth-order valence-corrected chi connectivity index (χ4v) is 6.29. The molecule has 2 aromatic rings. The van der Waals surface area contributed by atoms with Crippen molar-refractivity contribution in [2.24, 2.45) is 21.2 Å². The fourth-order valence-electron chi connectivity index (χ4n) is 6.29. The van der Waals surface area contributed by atoms with Crippen LogP contribution < -0.4 is 5.84 Å². The van der Waals surface area contributed by atoms with Crippen molar-refractivity contribution >= 4 is 24.0 Å². The van der Waals surface area contributed by atoms with Crippen LogP contribution in [0.15, 0.2) is 39.6 Å². The van der Waals surface area contributed by atoms with E-state index in [0.717, 1.165) is 60.3 Å². The van der Waals surface area contributed by atoms with Crippen molar-refractivity contribution in [3.05, 3.63) is 57.8 Å². The Morgan fingerprint density at radius 2 is 2.08 bits per heavy atom. The van der Waals surface area contributed by atoms with E-state index in [1.54, 1.807) is 6.07 Å². The van der Waals surface area contributed by atoms with E-state index in [1.807, 2.05) is 23.1 Å². The molecule has 3 unspecified atom stereocenters. The first-order valence-corrected chi connectivity index (χ1v) is 13.2. The van der Waals surface area contributed by atoms with Gasteiger partial charge in [-0.05, 0) is 48.1 Å². The number of fused-ring (bicyclic) bond motifs is 3. The van der Waals surface area contributed by atoms with Crippen LogP contribution in [0.25, 0.3) is 0 Å². The van der Waals surface area contributed by atoms with E-state index in [4.69, 9.17) is 15.3 Å². The lowest BCUT2D eigenvalue weighted by molar-refractivity contribution is -0.141. The van der Waals surface area contributed by atoms with Gasteiger partial charge in [0.25, 0.3) is 0 Å². The number of morpholine rings is 1. The number of nitrogens with two attached hydrogens (primary N) is 1. The summed E-state index contributed by atoms with van der Waals surface area (Å²) < 4.78 is 11.6. The summed E-state index contributed by atoms with van der Waals surface area (Å²) in [5.41, 5.74) is 5.89. The minimum Gasteiger partial charge on any atom is -0.457 e. The molecular weight excluding hydrogens is 486 g/mol. The third-order valence-electron chi connectivity index (χ3n) is 8.19. The maximum atomic E-state index is 13.6. The molecular formula is C27H31N7O4. The highest BCUT2D eigenvalue weighted by molar-refractivity contribution is 5.94. The van der Waals surface area contributed by atoms with Gasteiger partial charge in [-0.15, -0.1) is 5.11 Å². The highest BCUT2D eigenvalue weighted by atomic mass is 16.5. The molecule has 38 heavy (non-hydrogen) atoms. The van der Waals surface area contributed by atoms with Crippen LogP contribution in [0, 0.1) is 0 Å². The van der Waals surface area contributed by atoms with Crippen molar-refractivity contribution in [1.82, 2.24) is 14.8 Å². The van der Waals surface area contributed by atoms with Gasteiger partial charge in [-0.25, -0.2) is 14.8 Å². The number of cyclic esters (lactones) is 1. The Labute approximate surface area is 220 Å². The molecule has 2 N–H and O–H groups in total. The maximum Gasteiger partial charge on any atom is 0.338 e. The molecule has 2 fully saturated rings. The zero-order chi connectivity index (χ0) is 26.2. The second-order valence-electron chi connectivity index (χ2n) is 10.1. The summed E-state index contributed by atoms with van der Waals surface area (Å²) in [6, 6.07) is 7.82. The molecule has 4 aliphatic rings. The number of benzene rings is 1. The second kappa shape index (κ2) is 10.2. The maximum absolute atomic E-state index is 13.6. The average Bonchev–Trinajstić information content (AvgIpc) is 3.55. The van der Waals surface area contributed by atoms with Crippen LogP contribution in [0.1, 0.15) is 63.7 Å². The van der Waals surface area contributed by atoms with Crippen LogP contribution in [-0.4, -0.2) is 71.8 Å². The lowest BCUT2D eigenvalue weighted by Crippen LogP contribution is -2.60. The Morgan fingerprint density at radius 3 is 2.92 bits per heavy atom. The molecule has 0 radical (unpaired) electrons. The number of hydrogen-bond donors (Lipinski definition) is 1. The number of esters is 1. The number of aromatic nitrogens is 1. The number of nitrogens with zero attached hydrogens (tertiary/aromatic N) is 6. The summed E-state index contributed by atoms with van der Waals surface area (Å²) in [5, 5.41) is 6.67. The zero-order valence-corrected chi connectivity index (χ0v) is 21.4. The summed E-state index contributed by atoms with van der Waals surface area (Å²) >= 11 is 0. The molecule has 0 saturated carbocycles. The first-order valence-electron chi connectivity index (χ1n) is 13.2. The molecule has 1 amide bonds. The van der Waals surface area contributed by atoms with Crippen molar-refractivity contribution < 1.29 is 19.1 Å². The highest BCUT2D eigenvalue weighted by Gasteiger charge is 2.40. The largest absolute Gasteiger partial charge is 0.457 e. The van der Waals surface area contributed by atoms with Crippen molar-refractivity contribution in [2.45, 2.75) is 50.9 Å². The summed E-state index contributed by atoms with van der Waals surface area (Å²) in [6.07, 6.45) is 3.53. The molecule has 1 aliphatic carbocycles. The molecule has 4 heterocycles. The van der Waals surface area contributed by atoms with Crippen LogP contribution in [-0.2, 0) is 33.7 Å². The number of pyridine rings is 1. The predicted molar refractivity (Wildman–Crippen MR) is 138 cm³/mol. The van der Waals surface area contributed by atoms with Gasteiger partial charge in [0.2, 0.25) is 5.91 Å². The number of carbonyl (C=O) groups excluding carboxylic acids is 2. The van der Waals surface area contributed by atoms with Gasteiger partial charge in [0, 0.05) is 37.4 Å². The van der Waals surface area contributed by atoms with Crippen molar-refractivity contribution in [2.75, 3.05) is 32.8 Å². The average molecular weight is 518 g/mol. The van der Waals surface area contributed by atoms with Crippen LogP contribution in [0.5, 0.6) is 0 Å². The lowest BCUT2D eigenvalue weighted by atomic mass is 9.91. The molecule has 3 atom stereocenters. The molecule has 198 valence electrons. The number of carbonyl (C=O) groups is 2. The van der Waals surface area contributed by atoms with E-state index < -0.39 is 0 Å².